The van der Waals surface area contributed by atoms with Crippen LogP contribution in [0.5, 0.6) is 0 Å². The molecule has 1 aromatic heterocycles. The molecule has 0 bridgehead atoms. The van der Waals surface area contributed by atoms with Crippen molar-refractivity contribution in [1.82, 2.24) is 20.0 Å². The Kier molecular flexibility index (Phi) is 9.44. The van der Waals surface area contributed by atoms with E-state index in [1.807, 2.05) is 17.9 Å². The third-order valence-electron chi connectivity index (χ3n) is 3.59. The number of halogens is 2. The van der Waals surface area contributed by atoms with Crippen molar-refractivity contribution in [2.45, 2.75) is 25.8 Å². The lowest BCUT2D eigenvalue weighted by Gasteiger charge is -2.25. The molecule has 4 nitrogen and oxygen atoms in total. The van der Waals surface area contributed by atoms with Crippen molar-refractivity contribution in [2.24, 2.45) is 13.0 Å². The van der Waals surface area contributed by atoms with E-state index in [9.17, 15) is 0 Å². The van der Waals surface area contributed by atoms with Gasteiger partial charge in [-0.25, -0.2) is 0 Å². The first-order valence-corrected chi connectivity index (χ1v) is 6.61. The Hall–Kier alpha value is -0.290. The molecule has 0 saturated carbocycles. The molecule has 0 unspecified atom stereocenters. The van der Waals surface area contributed by atoms with Gasteiger partial charge >= 0.3 is 0 Å². The Labute approximate surface area is 128 Å². The summed E-state index contributed by atoms with van der Waals surface area (Å²) in [5.74, 6) is 0.924. The highest BCUT2D eigenvalue weighted by Crippen LogP contribution is 2.16. The molecule has 1 saturated heterocycles. The largest absolute Gasteiger partial charge is 0.317 e. The van der Waals surface area contributed by atoms with Crippen LogP contribution in [-0.2, 0) is 13.6 Å². The van der Waals surface area contributed by atoms with Crippen LogP contribution in [0.2, 0.25) is 0 Å². The number of aromatic nitrogens is 2. The first-order valence-electron chi connectivity index (χ1n) is 6.61. The second-order valence-corrected chi connectivity index (χ2v) is 5.24. The van der Waals surface area contributed by atoms with E-state index in [1.54, 1.807) is 0 Å². The summed E-state index contributed by atoms with van der Waals surface area (Å²) in [5.41, 5.74) is 1.31. The van der Waals surface area contributed by atoms with Gasteiger partial charge in [0.1, 0.15) is 0 Å². The maximum atomic E-state index is 4.20. The van der Waals surface area contributed by atoms with Gasteiger partial charge in [-0.15, -0.1) is 24.8 Å². The lowest BCUT2D eigenvalue weighted by atomic mass is 9.94. The van der Waals surface area contributed by atoms with Gasteiger partial charge in [-0.2, -0.15) is 5.10 Å². The summed E-state index contributed by atoms with van der Waals surface area (Å²) < 4.78 is 1.87. The van der Waals surface area contributed by atoms with Crippen molar-refractivity contribution < 1.29 is 0 Å². The summed E-state index contributed by atoms with van der Waals surface area (Å²) in [6.45, 7) is 4.62. The topological polar surface area (TPSA) is 33.1 Å². The molecule has 1 aromatic rings. The molecule has 0 atom stereocenters. The minimum Gasteiger partial charge on any atom is -0.317 e. The predicted octanol–water partition coefficient (Wildman–Crippen LogP) is 2.09. The molecule has 0 aliphatic carbocycles. The van der Waals surface area contributed by atoms with Crippen molar-refractivity contribution in [1.29, 1.82) is 0 Å². The van der Waals surface area contributed by atoms with E-state index in [1.165, 1.54) is 44.5 Å². The van der Waals surface area contributed by atoms with Crippen molar-refractivity contribution in [2.75, 3.05) is 26.7 Å². The van der Waals surface area contributed by atoms with E-state index >= 15 is 0 Å². The summed E-state index contributed by atoms with van der Waals surface area (Å²) in [7, 11) is 4.17. The van der Waals surface area contributed by atoms with Crippen LogP contribution >= 0.6 is 24.8 Å². The average molecular weight is 309 g/mol. The summed E-state index contributed by atoms with van der Waals surface area (Å²) >= 11 is 0. The summed E-state index contributed by atoms with van der Waals surface area (Å²) in [6, 6.07) is 0. The normalized spacial score (nSPS) is 15.9. The Balaban J connectivity index is 0.00000162. The Morgan fingerprint density at radius 2 is 2.05 bits per heavy atom. The number of rotatable bonds is 5. The zero-order valence-electron chi connectivity index (χ0n) is 11.8. The van der Waals surface area contributed by atoms with E-state index in [-0.39, 0.29) is 24.8 Å². The van der Waals surface area contributed by atoms with E-state index in [2.05, 4.69) is 28.6 Å². The molecular weight excluding hydrogens is 283 g/mol. The van der Waals surface area contributed by atoms with Gasteiger partial charge in [0.15, 0.2) is 0 Å². The average Bonchev–Trinajstić information content (AvgIpc) is 2.73. The molecule has 1 N–H and O–H groups in total. The highest BCUT2D eigenvalue weighted by Gasteiger charge is 2.13. The van der Waals surface area contributed by atoms with Gasteiger partial charge in [-0.3, -0.25) is 4.68 Å². The molecule has 2 heterocycles. The SMILES string of the molecule is CN(CCC1CCNCC1)Cc1cnn(C)c1.Cl.Cl. The monoisotopic (exact) mass is 308 g/mol. The maximum Gasteiger partial charge on any atom is 0.0534 e. The third-order valence-corrected chi connectivity index (χ3v) is 3.59. The van der Waals surface area contributed by atoms with Crippen molar-refractivity contribution in [3.63, 3.8) is 0 Å². The number of hydrogen-bond donors (Lipinski definition) is 1. The fourth-order valence-electron chi connectivity index (χ4n) is 2.52. The Morgan fingerprint density at radius 3 is 2.63 bits per heavy atom. The number of hydrogen-bond acceptors (Lipinski definition) is 3. The van der Waals surface area contributed by atoms with Crippen molar-refractivity contribution in [3.8, 4) is 0 Å². The van der Waals surface area contributed by atoms with Gasteiger partial charge in [0.05, 0.1) is 6.20 Å². The number of piperidine rings is 1. The van der Waals surface area contributed by atoms with Crippen LogP contribution in [0.15, 0.2) is 12.4 Å². The molecule has 0 aromatic carbocycles. The fourth-order valence-corrected chi connectivity index (χ4v) is 2.52. The smallest absolute Gasteiger partial charge is 0.0534 e. The highest BCUT2D eigenvalue weighted by molar-refractivity contribution is 5.85. The van der Waals surface area contributed by atoms with Gasteiger partial charge in [-0.05, 0) is 51.9 Å². The van der Waals surface area contributed by atoms with E-state index in [0.29, 0.717) is 0 Å². The van der Waals surface area contributed by atoms with Crippen molar-refractivity contribution >= 4 is 24.8 Å². The zero-order valence-corrected chi connectivity index (χ0v) is 13.5. The first-order chi connectivity index (χ1) is 8.24. The van der Waals surface area contributed by atoms with Gasteiger partial charge in [-0.1, -0.05) is 0 Å². The molecule has 6 heteroatoms. The molecule has 1 aliphatic rings. The third kappa shape index (κ3) is 6.61. The second kappa shape index (κ2) is 9.59. The quantitative estimate of drug-likeness (QED) is 0.904. The molecule has 1 fully saturated rings. The van der Waals surface area contributed by atoms with Crippen LogP contribution in [0, 0.1) is 5.92 Å². The van der Waals surface area contributed by atoms with Gasteiger partial charge < -0.3 is 10.2 Å². The van der Waals surface area contributed by atoms with Gasteiger partial charge in [0.2, 0.25) is 0 Å². The van der Waals surface area contributed by atoms with Gasteiger partial charge in [0.25, 0.3) is 0 Å². The van der Waals surface area contributed by atoms with Crippen molar-refractivity contribution in [3.05, 3.63) is 18.0 Å². The molecule has 19 heavy (non-hydrogen) atoms. The Morgan fingerprint density at radius 1 is 1.37 bits per heavy atom. The standard InChI is InChI=1S/C13H24N4.2ClH/c1-16(10-13-9-15-17(2)11-13)8-5-12-3-6-14-7-4-12;;/h9,11-12,14H,3-8,10H2,1-2H3;2*1H. The molecule has 2 rings (SSSR count). The number of aryl methyl sites for hydroxylation is 1. The van der Waals surface area contributed by atoms with Gasteiger partial charge in [0, 0.05) is 25.4 Å². The van der Waals surface area contributed by atoms with E-state index in [4.69, 9.17) is 0 Å². The van der Waals surface area contributed by atoms with Crippen LogP contribution < -0.4 is 5.32 Å². The predicted molar refractivity (Wildman–Crippen MR) is 84.2 cm³/mol. The number of nitrogens with zero attached hydrogens (tertiary/aromatic N) is 3. The number of nitrogens with one attached hydrogen (secondary N) is 1. The van der Waals surface area contributed by atoms with Crippen LogP contribution in [-0.4, -0.2) is 41.4 Å². The highest BCUT2D eigenvalue weighted by atomic mass is 35.5. The van der Waals surface area contributed by atoms with Crippen LogP contribution in [0.1, 0.15) is 24.8 Å². The van der Waals surface area contributed by atoms with E-state index < -0.39 is 0 Å². The van der Waals surface area contributed by atoms with E-state index in [0.717, 1.165) is 12.5 Å². The second-order valence-electron chi connectivity index (χ2n) is 5.24. The zero-order chi connectivity index (χ0) is 12.1. The molecule has 0 amide bonds. The summed E-state index contributed by atoms with van der Waals surface area (Å²) in [6.07, 6.45) is 8.09. The Bertz CT molecular complexity index is 337. The molecule has 112 valence electrons. The lowest BCUT2D eigenvalue weighted by Crippen LogP contribution is -2.30. The maximum absolute atomic E-state index is 4.20. The van der Waals surface area contributed by atoms with Crippen LogP contribution in [0.4, 0.5) is 0 Å². The molecular formula is C13H26Cl2N4. The lowest BCUT2D eigenvalue weighted by molar-refractivity contribution is 0.266. The van der Waals surface area contributed by atoms with Crippen LogP contribution in [0.3, 0.4) is 0 Å². The summed E-state index contributed by atoms with van der Waals surface area (Å²) in [5, 5.41) is 7.62. The minimum absolute atomic E-state index is 0. The summed E-state index contributed by atoms with van der Waals surface area (Å²) in [4.78, 5) is 2.40. The molecule has 0 spiro atoms. The minimum atomic E-state index is 0. The first kappa shape index (κ1) is 18.7. The molecule has 0 radical (unpaired) electrons. The van der Waals surface area contributed by atoms with Crippen LogP contribution in [0.25, 0.3) is 0 Å². The molecule has 1 aliphatic heterocycles. The fraction of sp³-hybridized carbons (Fsp3) is 0.769.